The first-order chi connectivity index (χ1) is 10.3. The van der Waals surface area contributed by atoms with Gasteiger partial charge in [-0.1, -0.05) is 18.2 Å². The Bertz CT molecular complexity index is 403. The summed E-state index contributed by atoms with van der Waals surface area (Å²) in [5.41, 5.74) is 1.19. The number of ether oxygens (including phenoxy) is 2. The third-order valence-electron chi connectivity index (χ3n) is 3.95. The molecule has 0 unspecified atom stereocenters. The maximum Gasteiger partial charge on any atom is 0.122 e. The highest BCUT2D eigenvalue weighted by Crippen LogP contribution is 2.17. The summed E-state index contributed by atoms with van der Waals surface area (Å²) in [6.45, 7) is 6.82. The van der Waals surface area contributed by atoms with E-state index in [-0.39, 0.29) is 6.61 Å². The number of likely N-dealkylation sites (tertiary alicyclic amines) is 1. The molecule has 0 atom stereocenters. The lowest BCUT2D eigenvalue weighted by Gasteiger charge is -2.31. The van der Waals surface area contributed by atoms with Gasteiger partial charge in [-0.2, -0.15) is 0 Å². The van der Waals surface area contributed by atoms with Gasteiger partial charge >= 0.3 is 0 Å². The standard InChI is InChI=1S/C17H27NO3/c1-15-5-2-3-6-17(15)21-14-11-18-9-7-16(8-10-18)20-13-4-12-19/h2-3,5-6,16,19H,4,7-14H2,1H3. The number of hydrogen-bond acceptors (Lipinski definition) is 4. The van der Waals surface area contributed by atoms with Gasteiger partial charge in [0, 0.05) is 32.8 Å². The van der Waals surface area contributed by atoms with Crippen LogP contribution in [0.15, 0.2) is 24.3 Å². The molecule has 1 aromatic carbocycles. The van der Waals surface area contributed by atoms with Crippen LogP contribution in [0, 0.1) is 6.92 Å². The molecule has 118 valence electrons. The lowest BCUT2D eigenvalue weighted by atomic mass is 10.1. The molecule has 1 aromatic rings. The van der Waals surface area contributed by atoms with Crippen molar-refractivity contribution in [3.05, 3.63) is 29.8 Å². The Morgan fingerprint density at radius 3 is 2.67 bits per heavy atom. The number of rotatable bonds is 8. The Morgan fingerprint density at radius 1 is 1.19 bits per heavy atom. The van der Waals surface area contributed by atoms with Crippen molar-refractivity contribution < 1.29 is 14.6 Å². The van der Waals surface area contributed by atoms with Crippen molar-refractivity contribution in [2.45, 2.75) is 32.3 Å². The first-order valence-electron chi connectivity index (χ1n) is 7.93. The zero-order valence-electron chi connectivity index (χ0n) is 13.0. The van der Waals surface area contributed by atoms with Crippen molar-refractivity contribution in [1.82, 2.24) is 4.90 Å². The van der Waals surface area contributed by atoms with Crippen LogP contribution in [0.4, 0.5) is 0 Å². The highest BCUT2D eigenvalue weighted by molar-refractivity contribution is 5.31. The van der Waals surface area contributed by atoms with Gasteiger partial charge in [0.25, 0.3) is 0 Å². The van der Waals surface area contributed by atoms with E-state index in [1.165, 1.54) is 5.56 Å². The number of aryl methyl sites for hydroxylation is 1. The van der Waals surface area contributed by atoms with E-state index in [9.17, 15) is 0 Å². The Labute approximate surface area is 127 Å². The van der Waals surface area contributed by atoms with Gasteiger partial charge in [-0.05, 0) is 37.8 Å². The minimum Gasteiger partial charge on any atom is -0.492 e. The van der Waals surface area contributed by atoms with Gasteiger partial charge in [0.2, 0.25) is 0 Å². The zero-order chi connectivity index (χ0) is 14.9. The molecular weight excluding hydrogens is 266 g/mol. The van der Waals surface area contributed by atoms with Gasteiger partial charge in [0.1, 0.15) is 12.4 Å². The summed E-state index contributed by atoms with van der Waals surface area (Å²) in [6.07, 6.45) is 3.26. The van der Waals surface area contributed by atoms with Gasteiger partial charge in [-0.3, -0.25) is 4.90 Å². The molecule has 0 radical (unpaired) electrons. The molecular formula is C17H27NO3. The summed E-state index contributed by atoms with van der Waals surface area (Å²) in [4.78, 5) is 2.43. The van der Waals surface area contributed by atoms with Crippen LogP contribution in [0.3, 0.4) is 0 Å². The Morgan fingerprint density at radius 2 is 1.95 bits per heavy atom. The molecule has 0 aliphatic carbocycles. The summed E-state index contributed by atoms with van der Waals surface area (Å²) in [5, 5.41) is 8.75. The molecule has 0 aromatic heterocycles. The minimum absolute atomic E-state index is 0.217. The Kier molecular flexibility index (Phi) is 7.00. The van der Waals surface area contributed by atoms with Crippen molar-refractivity contribution in [2.75, 3.05) is 39.5 Å². The summed E-state index contributed by atoms with van der Waals surface area (Å²) < 4.78 is 11.6. The van der Waals surface area contributed by atoms with Gasteiger partial charge in [0.15, 0.2) is 0 Å². The molecule has 1 saturated heterocycles. The number of piperidine rings is 1. The topological polar surface area (TPSA) is 41.9 Å². The van der Waals surface area contributed by atoms with Crippen molar-refractivity contribution in [1.29, 1.82) is 0 Å². The first-order valence-corrected chi connectivity index (χ1v) is 7.93. The number of aliphatic hydroxyl groups excluding tert-OH is 1. The van der Waals surface area contributed by atoms with E-state index < -0.39 is 0 Å². The smallest absolute Gasteiger partial charge is 0.122 e. The molecule has 4 heteroatoms. The third kappa shape index (κ3) is 5.65. The summed E-state index contributed by atoms with van der Waals surface area (Å²) in [6, 6.07) is 8.14. The molecule has 2 rings (SSSR count). The maximum absolute atomic E-state index is 8.75. The second-order valence-electron chi connectivity index (χ2n) is 5.60. The summed E-state index contributed by atoms with van der Waals surface area (Å²) in [5.74, 6) is 0.986. The fourth-order valence-electron chi connectivity index (χ4n) is 2.62. The largest absolute Gasteiger partial charge is 0.492 e. The Balaban J connectivity index is 1.60. The molecule has 1 heterocycles. The highest BCUT2D eigenvalue weighted by atomic mass is 16.5. The van der Waals surface area contributed by atoms with Crippen molar-refractivity contribution in [3.63, 3.8) is 0 Å². The van der Waals surface area contributed by atoms with Crippen molar-refractivity contribution >= 4 is 0 Å². The fraction of sp³-hybridized carbons (Fsp3) is 0.647. The van der Waals surface area contributed by atoms with Crippen LogP contribution in [0.25, 0.3) is 0 Å². The number of benzene rings is 1. The molecule has 21 heavy (non-hydrogen) atoms. The lowest BCUT2D eigenvalue weighted by molar-refractivity contribution is 0.000399. The average Bonchev–Trinajstić information content (AvgIpc) is 2.51. The molecule has 0 amide bonds. The van der Waals surface area contributed by atoms with E-state index in [4.69, 9.17) is 14.6 Å². The molecule has 1 N–H and O–H groups in total. The molecule has 4 nitrogen and oxygen atoms in total. The average molecular weight is 293 g/mol. The Hall–Kier alpha value is -1.10. The van der Waals surface area contributed by atoms with Crippen LogP contribution < -0.4 is 4.74 Å². The second-order valence-corrected chi connectivity index (χ2v) is 5.60. The number of para-hydroxylation sites is 1. The lowest BCUT2D eigenvalue weighted by Crippen LogP contribution is -2.39. The van der Waals surface area contributed by atoms with Gasteiger partial charge < -0.3 is 14.6 Å². The predicted octanol–water partition coefficient (Wildman–Crippen LogP) is 2.24. The van der Waals surface area contributed by atoms with Gasteiger partial charge in [0.05, 0.1) is 6.10 Å². The number of hydrogen-bond donors (Lipinski definition) is 1. The van der Waals surface area contributed by atoms with Crippen LogP contribution in [-0.2, 0) is 4.74 Å². The first kappa shape index (κ1) is 16.3. The highest BCUT2D eigenvalue weighted by Gasteiger charge is 2.19. The molecule has 0 bridgehead atoms. The maximum atomic E-state index is 8.75. The van der Waals surface area contributed by atoms with Crippen LogP contribution in [0.1, 0.15) is 24.8 Å². The van der Waals surface area contributed by atoms with Crippen LogP contribution in [-0.4, -0.2) is 55.6 Å². The van der Waals surface area contributed by atoms with Crippen molar-refractivity contribution in [3.8, 4) is 5.75 Å². The quantitative estimate of drug-likeness (QED) is 0.746. The van der Waals surface area contributed by atoms with E-state index >= 15 is 0 Å². The molecule has 0 spiro atoms. The SMILES string of the molecule is Cc1ccccc1OCCN1CCC(OCCCO)CC1. The monoisotopic (exact) mass is 293 g/mol. The van der Waals surface area contributed by atoms with E-state index in [0.29, 0.717) is 12.7 Å². The van der Waals surface area contributed by atoms with Crippen LogP contribution in [0.2, 0.25) is 0 Å². The zero-order valence-corrected chi connectivity index (χ0v) is 13.0. The molecule has 1 aliphatic heterocycles. The van der Waals surface area contributed by atoms with Crippen molar-refractivity contribution in [2.24, 2.45) is 0 Å². The van der Waals surface area contributed by atoms with E-state index in [2.05, 4.69) is 17.9 Å². The summed E-state index contributed by atoms with van der Waals surface area (Å²) >= 11 is 0. The van der Waals surface area contributed by atoms with Crippen LogP contribution in [0.5, 0.6) is 5.75 Å². The normalized spacial score (nSPS) is 17.0. The van der Waals surface area contributed by atoms with E-state index in [0.717, 1.165) is 51.3 Å². The van der Waals surface area contributed by atoms with Gasteiger partial charge in [-0.25, -0.2) is 0 Å². The molecule has 1 fully saturated rings. The second kappa shape index (κ2) is 9.03. The fourth-order valence-corrected chi connectivity index (χ4v) is 2.62. The minimum atomic E-state index is 0.217. The van der Waals surface area contributed by atoms with E-state index in [1.807, 2.05) is 18.2 Å². The molecule has 1 aliphatic rings. The number of nitrogens with zero attached hydrogens (tertiary/aromatic N) is 1. The number of aliphatic hydroxyl groups is 1. The molecule has 0 saturated carbocycles. The summed E-state index contributed by atoms with van der Waals surface area (Å²) in [7, 11) is 0. The van der Waals surface area contributed by atoms with Crippen LogP contribution >= 0.6 is 0 Å². The van der Waals surface area contributed by atoms with E-state index in [1.54, 1.807) is 0 Å². The third-order valence-corrected chi connectivity index (χ3v) is 3.95. The van der Waals surface area contributed by atoms with Gasteiger partial charge in [-0.15, -0.1) is 0 Å². The predicted molar refractivity (Wildman–Crippen MR) is 83.8 cm³/mol.